The summed E-state index contributed by atoms with van der Waals surface area (Å²) in [6, 6.07) is 0.314. The minimum absolute atomic E-state index is 0.164. The van der Waals surface area contributed by atoms with Gasteiger partial charge in [-0.1, -0.05) is 20.3 Å². The van der Waals surface area contributed by atoms with Gasteiger partial charge in [-0.3, -0.25) is 4.79 Å². The second-order valence-electron chi connectivity index (χ2n) is 5.05. The molecule has 0 heterocycles. The van der Waals surface area contributed by atoms with E-state index in [0.29, 0.717) is 25.4 Å². The first-order chi connectivity index (χ1) is 10.8. The van der Waals surface area contributed by atoms with Crippen LogP contribution in [0.25, 0.3) is 0 Å². The standard InChI is InChI=1S/C12H23N3O8/c1-10(2)13-7-8-21-12(16)6-4-3-5-11(23-15(19)20)9-22-14(17)18/h10-11,13H,3-9H2,1-2H3. The van der Waals surface area contributed by atoms with Crippen molar-refractivity contribution in [2.75, 3.05) is 19.8 Å². The molecule has 0 saturated heterocycles. The SMILES string of the molecule is CC(C)NCCOC(=O)CCCCC(CO[N+](=O)[O-])O[N+](=O)[O-]. The molecule has 0 aliphatic carbocycles. The molecule has 0 saturated carbocycles. The summed E-state index contributed by atoms with van der Waals surface area (Å²) < 4.78 is 4.99. The van der Waals surface area contributed by atoms with Crippen molar-refractivity contribution >= 4 is 5.97 Å². The van der Waals surface area contributed by atoms with Gasteiger partial charge < -0.3 is 19.7 Å². The number of hydrogen-bond donors (Lipinski definition) is 1. The molecule has 11 heteroatoms. The molecule has 0 spiro atoms. The summed E-state index contributed by atoms with van der Waals surface area (Å²) in [4.78, 5) is 40.1. The Morgan fingerprint density at radius 2 is 1.87 bits per heavy atom. The molecule has 0 rings (SSSR count). The maximum absolute atomic E-state index is 11.4. The molecule has 23 heavy (non-hydrogen) atoms. The number of nitrogens with zero attached hydrogens (tertiary/aromatic N) is 2. The normalized spacial score (nSPS) is 11.8. The van der Waals surface area contributed by atoms with Crippen LogP contribution >= 0.6 is 0 Å². The summed E-state index contributed by atoms with van der Waals surface area (Å²) >= 11 is 0. The van der Waals surface area contributed by atoms with E-state index in [0.717, 1.165) is 0 Å². The first-order valence-electron chi connectivity index (χ1n) is 7.28. The van der Waals surface area contributed by atoms with Crippen molar-refractivity contribution in [3.8, 4) is 0 Å². The number of carbonyl (C=O) groups excluding carboxylic acids is 1. The van der Waals surface area contributed by atoms with E-state index in [4.69, 9.17) is 4.74 Å². The average molecular weight is 337 g/mol. The van der Waals surface area contributed by atoms with Gasteiger partial charge >= 0.3 is 5.97 Å². The zero-order valence-corrected chi connectivity index (χ0v) is 13.3. The second-order valence-corrected chi connectivity index (χ2v) is 5.05. The van der Waals surface area contributed by atoms with Crippen LogP contribution in [0.4, 0.5) is 0 Å². The van der Waals surface area contributed by atoms with Crippen LogP contribution in [0.3, 0.4) is 0 Å². The van der Waals surface area contributed by atoms with Crippen LogP contribution < -0.4 is 5.32 Å². The van der Waals surface area contributed by atoms with Crippen LogP contribution in [0.5, 0.6) is 0 Å². The molecular weight excluding hydrogens is 314 g/mol. The van der Waals surface area contributed by atoms with Crippen molar-refractivity contribution in [1.29, 1.82) is 0 Å². The van der Waals surface area contributed by atoms with E-state index in [1.165, 1.54) is 0 Å². The third kappa shape index (κ3) is 14.5. The molecule has 1 N–H and O–H groups in total. The maximum atomic E-state index is 11.4. The lowest BCUT2D eigenvalue weighted by molar-refractivity contribution is -0.790. The van der Waals surface area contributed by atoms with E-state index in [1.807, 2.05) is 13.8 Å². The lowest BCUT2D eigenvalue weighted by Crippen LogP contribution is -2.27. The van der Waals surface area contributed by atoms with Crippen LogP contribution in [-0.2, 0) is 19.2 Å². The molecule has 0 fully saturated rings. The highest BCUT2D eigenvalue weighted by Crippen LogP contribution is 2.08. The fourth-order valence-electron chi connectivity index (χ4n) is 1.66. The molecule has 1 atom stereocenters. The molecule has 0 aliphatic heterocycles. The fraction of sp³-hybridized carbons (Fsp3) is 0.917. The Morgan fingerprint density at radius 1 is 1.17 bits per heavy atom. The third-order valence-corrected chi connectivity index (χ3v) is 2.68. The van der Waals surface area contributed by atoms with Crippen LogP contribution in [0.1, 0.15) is 39.5 Å². The molecule has 134 valence electrons. The molecule has 0 radical (unpaired) electrons. The van der Waals surface area contributed by atoms with Gasteiger partial charge in [-0.05, 0) is 12.8 Å². The largest absolute Gasteiger partial charge is 0.464 e. The van der Waals surface area contributed by atoms with Gasteiger partial charge in [-0.2, -0.15) is 0 Å². The van der Waals surface area contributed by atoms with E-state index in [9.17, 15) is 25.0 Å². The van der Waals surface area contributed by atoms with E-state index < -0.39 is 22.9 Å². The van der Waals surface area contributed by atoms with Gasteiger partial charge in [0, 0.05) is 19.0 Å². The van der Waals surface area contributed by atoms with Crippen molar-refractivity contribution in [3.05, 3.63) is 20.2 Å². The first-order valence-corrected chi connectivity index (χ1v) is 7.28. The fourth-order valence-corrected chi connectivity index (χ4v) is 1.66. The molecular formula is C12H23N3O8. The van der Waals surface area contributed by atoms with E-state index in [1.54, 1.807) is 0 Å². The summed E-state index contributed by atoms with van der Waals surface area (Å²) in [5.74, 6) is -0.358. The number of ether oxygens (including phenoxy) is 1. The molecule has 0 amide bonds. The van der Waals surface area contributed by atoms with Gasteiger partial charge in [-0.15, -0.1) is 20.2 Å². The Labute approximate surface area is 133 Å². The third-order valence-electron chi connectivity index (χ3n) is 2.68. The number of esters is 1. The molecule has 0 aromatic carbocycles. The van der Waals surface area contributed by atoms with Gasteiger partial charge in [0.25, 0.3) is 10.2 Å². The van der Waals surface area contributed by atoms with Crippen LogP contribution in [0, 0.1) is 20.2 Å². The topological polar surface area (TPSA) is 143 Å². The average Bonchev–Trinajstić information content (AvgIpc) is 2.44. The summed E-state index contributed by atoms with van der Waals surface area (Å²) in [7, 11) is 0. The number of unbranched alkanes of at least 4 members (excludes halogenated alkanes) is 1. The lowest BCUT2D eigenvalue weighted by atomic mass is 10.1. The van der Waals surface area contributed by atoms with E-state index in [-0.39, 0.29) is 25.4 Å². The second kappa shape index (κ2) is 12.4. The summed E-state index contributed by atoms with van der Waals surface area (Å²) in [5, 5.41) is 21.4. The van der Waals surface area contributed by atoms with E-state index >= 15 is 0 Å². The van der Waals surface area contributed by atoms with Gasteiger partial charge in [0.15, 0.2) is 0 Å². The smallest absolute Gasteiger partial charge is 0.305 e. The van der Waals surface area contributed by atoms with Crippen LogP contribution in [0.2, 0.25) is 0 Å². The van der Waals surface area contributed by atoms with Crippen LogP contribution in [-0.4, -0.2) is 48.0 Å². The first kappa shape index (κ1) is 20.8. The number of nitrogens with one attached hydrogen (secondary N) is 1. The summed E-state index contributed by atoms with van der Waals surface area (Å²) in [6.07, 6.45) is 0.146. The van der Waals surface area contributed by atoms with Crippen molar-refractivity contribution in [2.45, 2.75) is 51.7 Å². The quantitative estimate of drug-likeness (QED) is 0.211. The highest BCUT2D eigenvalue weighted by molar-refractivity contribution is 5.69. The zero-order chi connectivity index (χ0) is 17.7. The van der Waals surface area contributed by atoms with Crippen LogP contribution in [0.15, 0.2) is 0 Å². The van der Waals surface area contributed by atoms with Crippen molar-refractivity contribution < 1.29 is 29.4 Å². The minimum Gasteiger partial charge on any atom is -0.464 e. The predicted molar refractivity (Wildman–Crippen MR) is 77.4 cm³/mol. The molecule has 0 bridgehead atoms. The maximum Gasteiger partial charge on any atom is 0.305 e. The van der Waals surface area contributed by atoms with Crippen molar-refractivity contribution in [1.82, 2.24) is 5.32 Å². The van der Waals surface area contributed by atoms with Gasteiger partial charge in [-0.25, -0.2) is 0 Å². The predicted octanol–water partition coefficient (Wildman–Crippen LogP) is 0.873. The van der Waals surface area contributed by atoms with Gasteiger partial charge in [0.2, 0.25) is 0 Å². The van der Waals surface area contributed by atoms with E-state index in [2.05, 4.69) is 15.0 Å². The highest BCUT2D eigenvalue weighted by Gasteiger charge is 2.15. The monoisotopic (exact) mass is 337 g/mol. The Balaban J connectivity index is 3.80. The molecule has 0 aromatic heterocycles. The Bertz CT molecular complexity index is 377. The molecule has 11 nitrogen and oxygen atoms in total. The van der Waals surface area contributed by atoms with Crippen molar-refractivity contribution in [3.63, 3.8) is 0 Å². The molecule has 0 aromatic rings. The van der Waals surface area contributed by atoms with Gasteiger partial charge in [0.1, 0.15) is 19.3 Å². The zero-order valence-electron chi connectivity index (χ0n) is 13.3. The number of carbonyl (C=O) groups is 1. The Kier molecular flexibility index (Phi) is 11.2. The molecule has 1 unspecified atom stereocenters. The number of rotatable bonds is 14. The number of hydrogen-bond acceptors (Lipinski definition) is 9. The lowest BCUT2D eigenvalue weighted by Gasteiger charge is -2.13. The Hall–Kier alpha value is -2.17. The molecule has 0 aliphatic rings. The highest BCUT2D eigenvalue weighted by atomic mass is 17.0. The summed E-state index contributed by atoms with van der Waals surface area (Å²) in [5.41, 5.74) is 0. The van der Waals surface area contributed by atoms with Crippen molar-refractivity contribution in [2.24, 2.45) is 0 Å². The van der Waals surface area contributed by atoms with Gasteiger partial charge in [0.05, 0.1) is 0 Å². The minimum atomic E-state index is -1.04. The Morgan fingerprint density at radius 3 is 2.43 bits per heavy atom. The summed E-state index contributed by atoms with van der Waals surface area (Å²) in [6.45, 7) is 4.28.